The fraction of sp³-hybridized carbons (Fsp3) is 0.800. The van der Waals surface area contributed by atoms with Gasteiger partial charge in [-0.1, -0.05) is 0 Å². The van der Waals surface area contributed by atoms with Crippen molar-refractivity contribution in [3.05, 3.63) is 0 Å². The highest BCUT2D eigenvalue weighted by Crippen LogP contribution is 2.29. The Kier molecular flexibility index (Phi) is 9.09. The second-order valence-corrected chi connectivity index (χ2v) is 6.51. The Labute approximate surface area is 146 Å². The summed E-state index contributed by atoms with van der Waals surface area (Å²) < 4.78 is 15.2. The van der Waals surface area contributed by atoms with Gasteiger partial charge in [0, 0.05) is 27.7 Å². The van der Waals surface area contributed by atoms with Crippen LogP contribution >= 0.6 is 11.8 Å². The molecule has 9 heteroatoms. The molecular formula is C15H26N2O6S. The molecule has 0 aromatic rings. The summed E-state index contributed by atoms with van der Waals surface area (Å²) in [5.74, 6) is -0.283. The fourth-order valence-electron chi connectivity index (χ4n) is 2.55. The van der Waals surface area contributed by atoms with Crippen LogP contribution in [0.3, 0.4) is 0 Å². The molecule has 2 unspecified atom stereocenters. The predicted molar refractivity (Wildman–Crippen MR) is 89.2 cm³/mol. The van der Waals surface area contributed by atoms with Gasteiger partial charge in [-0.15, -0.1) is 11.8 Å². The maximum absolute atomic E-state index is 12.0. The summed E-state index contributed by atoms with van der Waals surface area (Å²) in [5, 5.41) is 2.41. The molecule has 1 saturated heterocycles. The van der Waals surface area contributed by atoms with Crippen molar-refractivity contribution in [1.29, 1.82) is 0 Å². The zero-order chi connectivity index (χ0) is 18.1. The Bertz CT molecular complexity index is 444. The van der Waals surface area contributed by atoms with Crippen LogP contribution < -0.4 is 5.32 Å². The highest BCUT2D eigenvalue weighted by atomic mass is 32.2. The van der Waals surface area contributed by atoms with E-state index in [1.807, 2.05) is 0 Å². The Morgan fingerprint density at radius 2 is 1.96 bits per heavy atom. The smallest absolute Gasteiger partial charge is 0.328 e. The Balaban J connectivity index is 2.47. The van der Waals surface area contributed by atoms with E-state index >= 15 is 0 Å². The monoisotopic (exact) mass is 362 g/mol. The van der Waals surface area contributed by atoms with Crippen LogP contribution in [-0.2, 0) is 28.6 Å². The van der Waals surface area contributed by atoms with Gasteiger partial charge in [-0.25, -0.2) is 4.79 Å². The highest BCUT2D eigenvalue weighted by molar-refractivity contribution is 8.01. The molecule has 1 aliphatic heterocycles. The molecule has 0 aliphatic carbocycles. The lowest BCUT2D eigenvalue weighted by molar-refractivity contribution is -0.146. The standard InChI is InChI=1S/C15H26N2O6S/c1-10(18)16-11(14(20)21-2)7-5-6-8-17-12(19)9-24-13(17)15(22-3)23-4/h11,13,15H,5-9H2,1-4H3,(H,16,18). The first-order valence-corrected chi connectivity index (χ1v) is 8.81. The average Bonchev–Trinajstić information content (AvgIpc) is 2.91. The van der Waals surface area contributed by atoms with E-state index in [1.165, 1.54) is 25.8 Å². The van der Waals surface area contributed by atoms with E-state index in [4.69, 9.17) is 9.47 Å². The summed E-state index contributed by atoms with van der Waals surface area (Å²) in [6.45, 7) is 1.91. The SMILES string of the molecule is COC(=O)C(CCCCN1C(=O)CSC1C(OC)OC)NC(C)=O. The zero-order valence-corrected chi connectivity index (χ0v) is 15.4. The van der Waals surface area contributed by atoms with Crippen LogP contribution in [0.5, 0.6) is 0 Å². The molecule has 8 nitrogen and oxygen atoms in total. The van der Waals surface area contributed by atoms with E-state index in [-0.39, 0.29) is 17.2 Å². The van der Waals surface area contributed by atoms with E-state index in [0.29, 0.717) is 31.6 Å². The number of carbonyl (C=O) groups is 3. The summed E-state index contributed by atoms with van der Waals surface area (Å²) in [4.78, 5) is 36.5. The van der Waals surface area contributed by atoms with Gasteiger partial charge in [-0.3, -0.25) is 9.59 Å². The van der Waals surface area contributed by atoms with E-state index < -0.39 is 18.3 Å². The van der Waals surface area contributed by atoms with Crippen LogP contribution in [0.1, 0.15) is 26.2 Å². The summed E-state index contributed by atoms with van der Waals surface area (Å²) >= 11 is 1.49. The molecule has 1 fully saturated rings. The molecule has 1 N–H and O–H groups in total. The molecule has 0 spiro atoms. The Morgan fingerprint density at radius 1 is 1.29 bits per heavy atom. The predicted octanol–water partition coefficient (Wildman–Crippen LogP) is 0.355. The molecular weight excluding hydrogens is 336 g/mol. The first kappa shape index (κ1) is 20.7. The van der Waals surface area contributed by atoms with Crippen molar-refractivity contribution < 1.29 is 28.6 Å². The number of esters is 1. The number of hydrogen-bond acceptors (Lipinski definition) is 7. The Hall–Kier alpha value is -1.32. The maximum Gasteiger partial charge on any atom is 0.328 e. The van der Waals surface area contributed by atoms with Gasteiger partial charge in [0.25, 0.3) is 0 Å². The van der Waals surface area contributed by atoms with E-state index in [0.717, 1.165) is 0 Å². The van der Waals surface area contributed by atoms with E-state index in [2.05, 4.69) is 10.1 Å². The van der Waals surface area contributed by atoms with Gasteiger partial charge in [0.05, 0.1) is 12.9 Å². The first-order chi connectivity index (χ1) is 11.4. The third-order valence-electron chi connectivity index (χ3n) is 3.71. The molecule has 24 heavy (non-hydrogen) atoms. The van der Waals surface area contributed by atoms with Gasteiger partial charge in [0.15, 0.2) is 6.29 Å². The van der Waals surface area contributed by atoms with Gasteiger partial charge >= 0.3 is 5.97 Å². The van der Waals surface area contributed by atoms with Crippen LogP contribution in [0.4, 0.5) is 0 Å². The van der Waals surface area contributed by atoms with Crippen LogP contribution in [0, 0.1) is 0 Å². The molecule has 0 aromatic carbocycles. The zero-order valence-electron chi connectivity index (χ0n) is 14.6. The van der Waals surface area contributed by atoms with Crippen molar-refractivity contribution in [3.63, 3.8) is 0 Å². The molecule has 0 aromatic heterocycles. The van der Waals surface area contributed by atoms with Crippen molar-refractivity contribution in [3.8, 4) is 0 Å². The number of ether oxygens (including phenoxy) is 3. The van der Waals surface area contributed by atoms with Gasteiger partial charge in [0.2, 0.25) is 11.8 Å². The van der Waals surface area contributed by atoms with Crippen molar-refractivity contribution in [2.75, 3.05) is 33.6 Å². The Morgan fingerprint density at radius 3 is 2.50 bits per heavy atom. The van der Waals surface area contributed by atoms with Crippen molar-refractivity contribution >= 4 is 29.5 Å². The molecule has 2 atom stereocenters. The third-order valence-corrected chi connectivity index (χ3v) is 4.94. The second kappa shape index (κ2) is 10.5. The quantitative estimate of drug-likeness (QED) is 0.340. The molecule has 138 valence electrons. The number of amides is 2. The number of hydrogen-bond donors (Lipinski definition) is 1. The number of carbonyl (C=O) groups excluding carboxylic acids is 3. The van der Waals surface area contributed by atoms with Gasteiger partial charge in [-0.2, -0.15) is 0 Å². The maximum atomic E-state index is 12.0. The number of thioether (sulfide) groups is 1. The van der Waals surface area contributed by atoms with Crippen LogP contribution in [0.25, 0.3) is 0 Å². The molecule has 0 saturated carbocycles. The van der Waals surface area contributed by atoms with Gasteiger partial charge < -0.3 is 24.4 Å². The largest absolute Gasteiger partial charge is 0.467 e. The lowest BCUT2D eigenvalue weighted by atomic mass is 10.1. The number of nitrogens with one attached hydrogen (secondary N) is 1. The fourth-order valence-corrected chi connectivity index (χ4v) is 3.81. The molecule has 1 heterocycles. The van der Waals surface area contributed by atoms with Crippen LogP contribution in [0.2, 0.25) is 0 Å². The number of nitrogens with zero attached hydrogens (tertiary/aromatic N) is 1. The molecule has 0 radical (unpaired) electrons. The van der Waals surface area contributed by atoms with E-state index in [1.54, 1.807) is 19.1 Å². The van der Waals surface area contributed by atoms with Gasteiger partial charge in [-0.05, 0) is 19.3 Å². The van der Waals surface area contributed by atoms with Crippen molar-refractivity contribution in [2.45, 2.75) is 43.9 Å². The minimum absolute atomic E-state index is 0.0514. The van der Waals surface area contributed by atoms with Crippen LogP contribution in [-0.4, -0.2) is 74.0 Å². The normalized spacial score (nSPS) is 18.8. The molecule has 2 amide bonds. The number of methoxy groups -OCH3 is 3. The summed E-state index contributed by atoms with van der Waals surface area (Å²) in [5.41, 5.74) is 0. The van der Waals surface area contributed by atoms with Crippen molar-refractivity contribution in [2.24, 2.45) is 0 Å². The summed E-state index contributed by atoms with van der Waals surface area (Å²) in [6.07, 6.45) is 1.37. The summed E-state index contributed by atoms with van der Waals surface area (Å²) in [6, 6.07) is -0.655. The molecule has 1 rings (SSSR count). The summed E-state index contributed by atoms with van der Waals surface area (Å²) in [7, 11) is 4.38. The minimum atomic E-state index is -0.655. The first-order valence-electron chi connectivity index (χ1n) is 7.76. The lowest BCUT2D eigenvalue weighted by Crippen LogP contribution is -2.42. The highest BCUT2D eigenvalue weighted by Gasteiger charge is 2.37. The number of rotatable bonds is 10. The second-order valence-electron chi connectivity index (χ2n) is 5.40. The minimum Gasteiger partial charge on any atom is -0.467 e. The third kappa shape index (κ3) is 5.95. The molecule has 1 aliphatic rings. The topological polar surface area (TPSA) is 94.2 Å². The molecule has 0 bridgehead atoms. The average molecular weight is 362 g/mol. The van der Waals surface area contributed by atoms with Crippen molar-refractivity contribution in [1.82, 2.24) is 10.2 Å². The number of unbranched alkanes of at least 4 members (excludes halogenated alkanes) is 1. The van der Waals surface area contributed by atoms with Gasteiger partial charge in [0.1, 0.15) is 11.4 Å². The lowest BCUT2D eigenvalue weighted by Gasteiger charge is -2.29. The van der Waals surface area contributed by atoms with E-state index in [9.17, 15) is 14.4 Å². The van der Waals surface area contributed by atoms with Crippen LogP contribution in [0.15, 0.2) is 0 Å².